The minimum atomic E-state index is -3.39. The average Bonchev–Trinajstić information content (AvgIpc) is 3.00. The van der Waals surface area contributed by atoms with Gasteiger partial charge in [0.2, 0.25) is 0 Å². The van der Waals surface area contributed by atoms with Gasteiger partial charge in [0.15, 0.2) is 9.84 Å². The Morgan fingerprint density at radius 1 is 1.20 bits per heavy atom. The number of nitrogens with zero attached hydrogens (tertiary/aromatic N) is 2. The van der Waals surface area contributed by atoms with Crippen LogP contribution in [-0.2, 0) is 19.4 Å². The first-order valence-corrected chi connectivity index (χ1v) is 11.4. The number of pyridine rings is 1. The second-order valence-electron chi connectivity index (χ2n) is 8.15. The van der Waals surface area contributed by atoms with E-state index in [-0.39, 0.29) is 10.8 Å². The highest BCUT2D eigenvalue weighted by atomic mass is 32.2. The molecule has 1 atom stereocenters. The predicted molar refractivity (Wildman–Crippen MR) is 113 cm³/mol. The maximum absolute atomic E-state index is 12.7. The lowest BCUT2D eigenvalue weighted by Crippen LogP contribution is -2.43. The summed E-state index contributed by atoms with van der Waals surface area (Å²) in [6.45, 7) is 5.67. The van der Waals surface area contributed by atoms with Crippen molar-refractivity contribution in [1.29, 1.82) is 0 Å². The van der Waals surface area contributed by atoms with Gasteiger partial charge in [-0.1, -0.05) is 18.2 Å². The van der Waals surface area contributed by atoms with Crippen LogP contribution in [-0.4, -0.2) is 49.8 Å². The average molecular weight is 432 g/mol. The third-order valence-electron chi connectivity index (χ3n) is 4.52. The van der Waals surface area contributed by atoms with Crippen molar-refractivity contribution in [2.45, 2.75) is 43.7 Å². The number of carbonyl (C=O) groups excluding carboxylic acids is 2. The number of amides is 2. The molecule has 30 heavy (non-hydrogen) atoms. The van der Waals surface area contributed by atoms with Crippen molar-refractivity contribution < 1.29 is 22.7 Å². The van der Waals surface area contributed by atoms with Crippen molar-refractivity contribution in [2.24, 2.45) is 0 Å². The number of hydrogen-bond donors (Lipinski definition) is 1. The molecule has 3 rings (SSSR count). The van der Waals surface area contributed by atoms with E-state index in [2.05, 4.69) is 10.3 Å². The summed E-state index contributed by atoms with van der Waals surface area (Å²) in [4.78, 5) is 30.7. The van der Waals surface area contributed by atoms with E-state index in [1.54, 1.807) is 63.4 Å². The third kappa shape index (κ3) is 4.96. The van der Waals surface area contributed by atoms with E-state index in [4.69, 9.17) is 4.74 Å². The molecule has 0 radical (unpaired) electrons. The molecule has 1 aliphatic rings. The van der Waals surface area contributed by atoms with Crippen LogP contribution in [0.4, 0.5) is 10.6 Å². The predicted octanol–water partition coefficient (Wildman–Crippen LogP) is 2.78. The summed E-state index contributed by atoms with van der Waals surface area (Å²) in [7, 11) is -3.39. The minimum absolute atomic E-state index is 0.221. The van der Waals surface area contributed by atoms with E-state index >= 15 is 0 Å². The number of rotatable bonds is 4. The highest BCUT2D eigenvalue weighted by Crippen LogP contribution is 2.28. The van der Waals surface area contributed by atoms with Crippen LogP contribution in [0.2, 0.25) is 0 Å². The molecular formula is C21H25N3O5S. The number of ether oxygens (including phenoxy) is 1. The van der Waals surface area contributed by atoms with Crippen LogP contribution in [0.3, 0.4) is 0 Å². The lowest BCUT2D eigenvalue weighted by Gasteiger charge is -2.21. The largest absolute Gasteiger partial charge is 0.444 e. The monoisotopic (exact) mass is 431 g/mol. The minimum Gasteiger partial charge on any atom is -0.444 e. The molecule has 0 unspecified atom stereocenters. The number of benzene rings is 1. The van der Waals surface area contributed by atoms with E-state index in [1.165, 1.54) is 4.90 Å². The Bertz CT molecular complexity index is 1060. The zero-order valence-corrected chi connectivity index (χ0v) is 18.2. The van der Waals surface area contributed by atoms with Crippen LogP contribution in [0.1, 0.15) is 27.2 Å². The number of alkyl carbamates (subject to hydrolysis) is 1. The molecule has 1 saturated heterocycles. The number of nitrogens with one attached hydrogen (secondary N) is 1. The Labute approximate surface area is 176 Å². The smallest absolute Gasteiger partial charge is 0.408 e. The van der Waals surface area contributed by atoms with Gasteiger partial charge in [0, 0.05) is 30.1 Å². The Morgan fingerprint density at radius 3 is 2.50 bits per heavy atom. The molecule has 1 aliphatic heterocycles. The van der Waals surface area contributed by atoms with E-state index in [9.17, 15) is 18.0 Å². The van der Waals surface area contributed by atoms with Gasteiger partial charge in [0.1, 0.15) is 17.5 Å². The molecule has 2 heterocycles. The summed E-state index contributed by atoms with van der Waals surface area (Å²) in [6.07, 6.45) is 2.51. The summed E-state index contributed by atoms with van der Waals surface area (Å²) in [5.74, 6) is 0.173. The van der Waals surface area contributed by atoms with Gasteiger partial charge in [-0.15, -0.1) is 0 Å². The van der Waals surface area contributed by atoms with E-state index < -0.39 is 27.6 Å². The third-order valence-corrected chi connectivity index (χ3v) is 5.67. The Kier molecular flexibility index (Phi) is 5.85. The topological polar surface area (TPSA) is 106 Å². The fourth-order valence-corrected chi connectivity index (χ4v) is 4.14. The summed E-state index contributed by atoms with van der Waals surface area (Å²) in [5, 5.41) is 2.60. The van der Waals surface area contributed by atoms with Crippen LogP contribution in [0.15, 0.2) is 47.5 Å². The molecule has 0 aliphatic carbocycles. The Hall–Kier alpha value is -2.94. The van der Waals surface area contributed by atoms with E-state index in [1.807, 2.05) is 0 Å². The Balaban J connectivity index is 1.75. The molecule has 0 bridgehead atoms. The molecule has 2 amide bonds. The number of aromatic nitrogens is 1. The van der Waals surface area contributed by atoms with Crippen molar-refractivity contribution in [3.63, 3.8) is 0 Å². The molecule has 2 aromatic rings. The zero-order chi connectivity index (χ0) is 22.1. The maximum atomic E-state index is 12.7. The SMILES string of the molecule is CC(C)(C)OC(=O)N[C@H]1CCN(c2ccc(-c3ccccc3S(C)(=O)=O)cn2)C1=O. The van der Waals surface area contributed by atoms with Crippen LogP contribution < -0.4 is 10.2 Å². The van der Waals surface area contributed by atoms with E-state index in [0.29, 0.717) is 29.9 Å². The van der Waals surface area contributed by atoms with Gasteiger partial charge in [-0.05, 0) is 45.4 Å². The number of hydrogen-bond acceptors (Lipinski definition) is 6. The number of anilines is 1. The second kappa shape index (κ2) is 8.06. The first-order valence-electron chi connectivity index (χ1n) is 9.52. The lowest BCUT2D eigenvalue weighted by atomic mass is 10.1. The van der Waals surface area contributed by atoms with Gasteiger partial charge in [-0.25, -0.2) is 18.2 Å². The maximum Gasteiger partial charge on any atom is 0.408 e. The lowest BCUT2D eigenvalue weighted by molar-refractivity contribution is -0.118. The fourth-order valence-electron chi connectivity index (χ4n) is 3.22. The highest BCUT2D eigenvalue weighted by Gasteiger charge is 2.35. The number of carbonyl (C=O) groups is 2. The first kappa shape index (κ1) is 21.8. The molecule has 9 heteroatoms. The molecule has 160 valence electrons. The van der Waals surface area contributed by atoms with Crippen molar-refractivity contribution in [2.75, 3.05) is 17.7 Å². The molecule has 1 fully saturated rings. The Morgan fingerprint density at radius 2 is 1.90 bits per heavy atom. The molecular weight excluding hydrogens is 406 g/mol. The quantitative estimate of drug-likeness (QED) is 0.798. The summed E-state index contributed by atoms with van der Waals surface area (Å²) < 4.78 is 29.3. The van der Waals surface area contributed by atoms with Gasteiger partial charge < -0.3 is 10.1 Å². The first-order chi connectivity index (χ1) is 14.0. The normalized spacial score (nSPS) is 17.1. The van der Waals surface area contributed by atoms with Crippen molar-refractivity contribution in [3.8, 4) is 11.1 Å². The summed E-state index contributed by atoms with van der Waals surface area (Å²) >= 11 is 0. The van der Waals surface area contributed by atoms with Crippen LogP contribution in [0.5, 0.6) is 0 Å². The van der Waals surface area contributed by atoms with Gasteiger partial charge in [0.25, 0.3) is 5.91 Å². The standard InChI is InChI=1S/C21H25N3O5S/c1-21(2,3)29-20(26)23-16-11-12-24(19(16)25)18-10-9-14(13-22-18)15-7-5-6-8-17(15)30(4,27)28/h5-10,13,16H,11-12H2,1-4H3,(H,23,26)/t16-/m0/s1. The zero-order valence-electron chi connectivity index (χ0n) is 17.4. The van der Waals surface area contributed by atoms with Gasteiger partial charge in [-0.3, -0.25) is 9.69 Å². The van der Waals surface area contributed by atoms with Crippen LogP contribution >= 0.6 is 0 Å². The second-order valence-corrected chi connectivity index (χ2v) is 10.1. The molecule has 1 N–H and O–H groups in total. The highest BCUT2D eigenvalue weighted by molar-refractivity contribution is 7.90. The molecule has 0 saturated carbocycles. The molecule has 8 nitrogen and oxygen atoms in total. The van der Waals surface area contributed by atoms with Gasteiger partial charge in [-0.2, -0.15) is 0 Å². The molecule has 1 aromatic carbocycles. The van der Waals surface area contributed by atoms with Crippen LogP contribution in [0.25, 0.3) is 11.1 Å². The summed E-state index contributed by atoms with van der Waals surface area (Å²) in [5.41, 5.74) is 0.538. The van der Waals surface area contributed by atoms with Crippen molar-refractivity contribution in [3.05, 3.63) is 42.6 Å². The van der Waals surface area contributed by atoms with Crippen molar-refractivity contribution in [1.82, 2.24) is 10.3 Å². The fraction of sp³-hybridized carbons (Fsp3) is 0.381. The molecule has 1 aromatic heterocycles. The van der Waals surface area contributed by atoms with Gasteiger partial charge >= 0.3 is 6.09 Å². The van der Waals surface area contributed by atoms with Gasteiger partial charge in [0.05, 0.1) is 4.90 Å². The van der Waals surface area contributed by atoms with Crippen LogP contribution in [0, 0.1) is 0 Å². The summed E-state index contributed by atoms with van der Waals surface area (Å²) in [6, 6.07) is 9.42. The molecule has 0 spiro atoms. The van der Waals surface area contributed by atoms with Crippen molar-refractivity contribution >= 4 is 27.7 Å². The van der Waals surface area contributed by atoms with E-state index in [0.717, 1.165) is 6.26 Å². The number of sulfone groups is 1.